The van der Waals surface area contributed by atoms with E-state index in [4.69, 9.17) is 4.74 Å². The number of amides is 1. The van der Waals surface area contributed by atoms with Gasteiger partial charge < -0.3 is 9.64 Å². The summed E-state index contributed by atoms with van der Waals surface area (Å²) >= 11 is 0. The normalized spacial score (nSPS) is 34.4. The molecular weight excluding hydrogens is 364 g/mol. The number of ether oxygens (including phenoxy) is 1. The van der Waals surface area contributed by atoms with E-state index in [-0.39, 0.29) is 36.1 Å². The third-order valence-corrected chi connectivity index (χ3v) is 8.91. The maximum absolute atomic E-state index is 13.1. The van der Waals surface area contributed by atoms with E-state index in [2.05, 4.69) is 0 Å². The van der Waals surface area contributed by atoms with Crippen LogP contribution in [0.1, 0.15) is 50.1 Å². The van der Waals surface area contributed by atoms with E-state index in [0.29, 0.717) is 19.6 Å². The molecule has 3 aliphatic heterocycles. The number of benzene rings is 1. The molecule has 3 saturated heterocycles. The highest BCUT2D eigenvalue weighted by atomic mass is 32.2. The van der Waals surface area contributed by atoms with Gasteiger partial charge in [-0.3, -0.25) is 4.79 Å². The number of hydrogen-bond acceptors (Lipinski definition) is 4. The minimum absolute atomic E-state index is 0.00659. The maximum atomic E-state index is 13.1. The summed E-state index contributed by atoms with van der Waals surface area (Å²) in [6.45, 7) is 0.883. The Labute approximate surface area is 160 Å². The Morgan fingerprint density at radius 3 is 2.63 bits per heavy atom. The van der Waals surface area contributed by atoms with Crippen molar-refractivity contribution in [1.82, 2.24) is 9.21 Å². The van der Waals surface area contributed by atoms with E-state index in [9.17, 15) is 13.2 Å². The van der Waals surface area contributed by atoms with Gasteiger partial charge in [-0.05, 0) is 24.3 Å². The molecule has 1 aromatic rings. The van der Waals surface area contributed by atoms with Crippen LogP contribution in [0.3, 0.4) is 0 Å². The highest BCUT2D eigenvalue weighted by Gasteiger charge is 2.66. The van der Waals surface area contributed by atoms with E-state index in [1.807, 2.05) is 35.2 Å². The fraction of sp³-hybridized carbons (Fsp3) is 0.650. The zero-order valence-corrected chi connectivity index (χ0v) is 16.2. The van der Waals surface area contributed by atoms with E-state index in [1.54, 1.807) is 4.31 Å². The molecule has 27 heavy (non-hydrogen) atoms. The largest absolute Gasteiger partial charge is 0.351 e. The lowest BCUT2D eigenvalue weighted by Crippen LogP contribution is -2.49. The standard InChI is InChI=1S/C20H26N2O4S/c23-19-12-18-20(22(19)17(13-26-20)16-8-2-1-3-9-16)10-11-21(18)27(24,25)14-15-6-4-5-7-15/h1-3,8-9,15,17-18H,4-7,10-14H2/t17-,18+,20-/m0/s1. The number of rotatable bonds is 4. The van der Waals surface area contributed by atoms with Gasteiger partial charge in [0, 0.05) is 19.4 Å². The number of hydrogen-bond donors (Lipinski definition) is 0. The summed E-state index contributed by atoms with van der Waals surface area (Å²) in [7, 11) is -3.37. The molecule has 0 N–H and O–H groups in total. The van der Waals surface area contributed by atoms with Gasteiger partial charge >= 0.3 is 0 Å². The molecule has 3 heterocycles. The average molecular weight is 391 g/mol. The second-order valence-corrected chi connectivity index (χ2v) is 10.3. The zero-order valence-electron chi connectivity index (χ0n) is 15.4. The van der Waals surface area contributed by atoms with Crippen molar-refractivity contribution >= 4 is 15.9 Å². The molecule has 7 heteroatoms. The summed E-state index contributed by atoms with van der Waals surface area (Å²) in [5.41, 5.74) is 0.274. The molecule has 1 saturated carbocycles. The van der Waals surface area contributed by atoms with Gasteiger partial charge in [0.2, 0.25) is 15.9 Å². The van der Waals surface area contributed by atoms with Crippen LogP contribution in [0.15, 0.2) is 30.3 Å². The van der Waals surface area contributed by atoms with Gasteiger partial charge in [0.15, 0.2) is 5.72 Å². The van der Waals surface area contributed by atoms with Crippen molar-refractivity contribution < 1.29 is 17.9 Å². The van der Waals surface area contributed by atoms with Crippen molar-refractivity contribution in [3.8, 4) is 0 Å². The molecule has 0 radical (unpaired) electrons. The summed E-state index contributed by atoms with van der Waals surface area (Å²) in [5, 5.41) is 0. The molecule has 0 unspecified atom stereocenters. The fourth-order valence-electron chi connectivity index (χ4n) is 5.63. The van der Waals surface area contributed by atoms with Crippen molar-refractivity contribution in [2.75, 3.05) is 18.9 Å². The third-order valence-electron chi connectivity index (χ3n) is 6.87. The van der Waals surface area contributed by atoms with Crippen LogP contribution in [0, 0.1) is 5.92 Å². The van der Waals surface area contributed by atoms with E-state index < -0.39 is 15.7 Å². The van der Waals surface area contributed by atoms with Crippen molar-refractivity contribution in [2.45, 2.75) is 56.3 Å². The minimum atomic E-state index is -3.37. The Balaban J connectivity index is 1.42. The SMILES string of the molecule is O=C1C[C@H]2N(S(=O)(=O)CC3CCCC3)CC[C@]23OC[C@@H](c2ccccc2)N13. The summed E-state index contributed by atoms with van der Waals surface area (Å²) in [4.78, 5) is 14.7. The van der Waals surface area contributed by atoms with Crippen LogP contribution in [0.2, 0.25) is 0 Å². The lowest BCUT2D eigenvalue weighted by atomic mass is 10.0. The molecular formula is C20H26N2O4S. The van der Waals surface area contributed by atoms with Crippen LogP contribution >= 0.6 is 0 Å². The van der Waals surface area contributed by atoms with Crippen LogP contribution in [-0.4, -0.2) is 54.2 Å². The number of nitrogens with zero attached hydrogens (tertiary/aromatic N) is 2. The molecule has 1 amide bonds. The quantitative estimate of drug-likeness (QED) is 0.791. The predicted octanol–water partition coefficient (Wildman–Crippen LogP) is 2.28. The van der Waals surface area contributed by atoms with Crippen molar-refractivity contribution in [2.24, 2.45) is 5.92 Å². The topological polar surface area (TPSA) is 66.9 Å². The zero-order chi connectivity index (χ0) is 18.6. The van der Waals surface area contributed by atoms with Gasteiger partial charge in [0.05, 0.1) is 24.4 Å². The molecule has 6 nitrogen and oxygen atoms in total. The Bertz CT molecular complexity index is 837. The fourth-order valence-corrected chi connectivity index (χ4v) is 7.75. The van der Waals surface area contributed by atoms with Gasteiger partial charge in [-0.1, -0.05) is 43.2 Å². The second kappa shape index (κ2) is 6.29. The van der Waals surface area contributed by atoms with Crippen LogP contribution < -0.4 is 0 Å². The Hall–Kier alpha value is -1.44. The van der Waals surface area contributed by atoms with E-state index >= 15 is 0 Å². The first kappa shape index (κ1) is 17.6. The van der Waals surface area contributed by atoms with Gasteiger partial charge in [0.1, 0.15) is 0 Å². The van der Waals surface area contributed by atoms with Crippen molar-refractivity contribution in [3.05, 3.63) is 35.9 Å². The number of carbonyl (C=O) groups excluding carboxylic acids is 1. The highest BCUT2D eigenvalue weighted by Crippen LogP contribution is 2.52. The second-order valence-electron chi connectivity index (χ2n) is 8.36. The van der Waals surface area contributed by atoms with Gasteiger partial charge in [0.25, 0.3) is 0 Å². The smallest absolute Gasteiger partial charge is 0.227 e. The first-order valence-corrected chi connectivity index (χ1v) is 11.6. The monoisotopic (exact) mass is 390 g/mol. The lowest BCUT2D eigenvalue weighted by Gasteiger charge is -2.33. The Morgan fingerprint density at radius 2 is 1.89 bits per heavy atom. The summed E-state index contributed by atoms with van der Waals surface area (Å²) in [5.74, 6) is 0.490. The number of sulfonamides is 1. The van der Waals surface area contributed by atoms with Gasteiger partial charge in [-0.25, -0.2) is 8.42 Å². The average Bonchev–Trinajstić information content (AvgIpc) is 3.39. The predicted molar refractivity (Wildman–Crippen MR) is 100 cm³/mol. The van der Waals surface area contributed by atoms with Crippen molar-refractivity contribution in [1.29, 1.82) is 0 Å². The minimum Gasteiger partial charge on any atom is -0.351 e. The summed E-state index contributed by atoms with van der Waals surface area (Å²) in [6, 6.07) is 9.40. The molecule has 3 atom stereocenters. The Morgan fingerprint density at radius 1 is 1.15 bits per heavy atom. The Kier molecular flexibility index (Phi) is 4.11. The van der Waals surface area contributed by atoms with Crippen molar-refractivity contribution in [3.63, 3.8) is 0 Å². The maximum Gasteiger partial charge on any atom is 0.227 e. The van der Waals surface area contributed by atoms with Crippen LogP contribution in [-0.2, 0) is 19.6 Å². The van der Waals surface area contributed by atoms with Gasteiger partial charge in [-0.2, -0.15) is 4.31 Å². The van der Waals surface area contributed by atoms with Gasteiger partial charge in [-0.15, -0.1) is 0 Å². The number of carbonyl (C=O) groups is 1. The molecule has 1 aliphatic carbocycles. The molecule has 4 aliphatic rings. The van der Waals surface area contributed by atoms with Crippen LogP contribution in [0.25, 0.3) is 0 Å². The summed E-state index contributed by atoms with van der Waals surface area (Å²) < 4.78 is 34.0. The third kappa shape index (κ3) is 2.66. The molecule has 1 aromatic carbocycles. The lowest BCUT2D eigenvalue weighted by molar-refractivity contribution is -0.138. The molecule has 0 bridgehead atoms. The van der Waals surface area contributed by atoms with Crippen LogP contribution in [0.5, 0.6) is 0 Å². The molecule has 5 rings (SSSR count). The van der Waals surface area contributed by atoms with E-state index in [0.717, 1.165) is 31.2 Å². The first-order chi connectivity index (χ1) is 13.0. The van der Waals surface area contributed by atoms with E-state index in [1.165, 1.54) is 0 Å². The molecule has 146 valence electrons. The molecule has 0 aromatic heterocycles. The highest BCUT2D eigenvalue weighted by molar-refractivity contribution is 7.89. The molecule has 4 fully saturated rings. The molecule has 1 spiro atoms. The van der Waals surface area contributed by atoms with Crippen LogP contribution in [0.4, 0.5) is 0 Å². The first-order valence-electron chi connectivity index (χ1n) is 10.0. The summed E-state index contributed by atoms with van der Waals surface area (Å²) in [6.07, 6.45) is 5.05.